The topological polar surface area (TPSA) is 41.2 Å². The number of nitrogens with one attached hydrogen (secondary N) is 1. The van der Waals surface area contributed by atoms with E-state index in [4.69, 9.17) is 9.72 Å². The summed E-state index contributed by atoms with van der Waals surface area (Å²) in [4.78, 5) is 10.7. The highest BCUT2D eigenvalue weighted by atomic mass is 16.5. The Balaban J connectivity index is 1.87. The van der Waals surface area contributed by atoms with Crippen molar-refractivity contribution >= 4 is 16.7 Å². The van der Waals surface area contributed by atoms with Gasteiger partial charge in [-0.05, 0) is 50.1 Å². The zero-order chi connectivity index (χ0) is 16.7. The zero-order valence-electron chi connectivity index (χ0n) is 14.5. The normalized spacial score (nSPS) is 18.3. The van der Waals surface area contributed by atoms with E-state index in [-0.39, 0.29) is 0 Å². The van der Waals surface area contributed by atoms with E-state index < -0.39 is 0 Å². The molecule has 1 atom stereocenters. The summed E-state index contributed by atoms with van der Waals surface area (Å²) in [5.41, 5.74) is 5.90. The van der Waals surface area contributed by atoms with Crippen LogP contribution in [-0.2, 0) is 4.74 Å². The van der Waals surface area contributed by atoms with Gasteiger partial charge in [-0.3, -0.25) is 0 Å². The first-order valence-corrected chi connectivity index (χ1v) is 8.54. The lowest BCUT2D eigenvalue weighted by Crippen LogP contribution is -2.44. The highest BCUT2D eigenvalue weighted by Crippen LogP contribution is 2.32. The highest BCUT2D eigenvalue weighted by Gasteiger charge is 2.23. The Bertz CT molecular complexity index is 884. The van der Waals surface area contributed by atoms with Crippen molar-refractivity contribution in [2.45, 2.75) is 26.8 Å². The van der Waals surface area contributed by atoms with Crippen LogP contribution in [0.3, 0.4) is 0 Å². The van der Waals surface area contributed by atoms with Gasteiger partial charge in [0, 0.05) is 29.2 Å². The van der Waals surface area contributed by atoms with Crippen LogP contribution in [0.15, 0.2) is 36.5 Å². The number of hydrogen-bond donors (Lipinski definition) is 1. The van der Waals surface area contributed by atoms with Crippen molar-refractivity contribution in [2.75, 3.05) is 24.7 Å². The number of ether oxygens (including phenoxy) is 1. The number of morpholine rings is 1. The van der Waals surface area contributed by atoms with E-state index in [0.717, 1.165) is 36.8 Å². The molecule has 4 heteroatoms. The lowest BCUT2D eigenvalue weighted by molar-refractivity contribution is 0.0985. The van der Waals surface area contributed by atoms with Gasteiger partial charge in [0.2, 0.25) is 0 Å². The lowest BCUT2D eigenvalue weighted by Gasteiger charge is -2.35. The Hall–Kier alpha value is -2.33. The largest absolute Gasteiger partial charge is 0.377 e. The van der Waals surface area contributed by atoms with E-state index in [2.05, 4.69) is 61.0 Å². The average molecular weight is 321 g/mol. The van der Waals surface area contributed by atoms with Gasteiger partial charge in [0.05, 0.1) is 24.9 Å². The number of fused-ring (bicyclic) bond motifs is 1. The Labute approximate surface area is 142 Å². The third-order valence-corrected chi connectivity index (χ3v) is 5.02. The van der Waals surface area contributed by atoms with Crippen molar-refractivity contribution in [2.24, 2.45) is 0 Å². The number of aryl methyl sites for hydroxylation is 1. The second kappa shape index (κ2) is 5.95. The maximum atomic E-state index is 5.59. The molecule has 4 rings (SSSR count). The number of H-pyrrole nitrogens is 1. The van der Waals surface area contributed by atoms with Crippen LogP contribution in [0.25, 0.3) is 22.2 Å². The minimum absolute atomic E-state index is 0.350. The minimum atomic E-state index is 0.350. The van der Waals surface area contributed by atoms with Crippen LogP contribution in [0.5, 0.6) is 0 Å². The van der Waals surface area contributed by atoms with Crippen LogP contribution in [0, 0.1) is 13.8 Å². The van der Waals surface area contributed by atoms with Crippen molar-refractivity contribution in [3.8, 4) is 11.3 Å². The van der Waals surface area contributed by atoms with Gasteiger partial charge >= 0.3 is 0 Å². The second-order valence-electron chi connectivity index (χ2n) is 6.63. The monoisotopic (exact) mass is 321 g/mol. The smallest absolute Gasteiger partial charge is 0.132 e. The summed E-state index contributed by atoms with van der Waals surface area (Å²) < 4.78 is 5.59. The Morgan fingerprint density at radius 1 is 1.25 bits per heavy atom. The summed E-state index contributed by atoms with van der Waals surface area (Å²) >= 11 is 0. The molecule has 1 fully saturated rings. The summed E-state index contributed by atoms with van der Waals surface area (Å²) in [6.07, 6.45) is 1.99. The predicted molar refractivity (Wildman–Crippen MR) is 98.6 cm³/mol. The molecular weight excluding hydrogens is 298 g/mol. The summed E-state index contributed by atoms with van der Waals surface area (Å²) in [7, 11) is 0. The molecule has 1 N–H and O–H groups in total. The number of aromatic nitrogens is 2. The van der Waals surface area contributed by atoms with Gasteiger partial charge in [-0.1, -0.05) is 12.1 Å². The number of anilines is 1. The summed E-state index contributed by atoms with van der Waals surface area (Å²) in [6, 6.07) is 11.0. The SMILES string of the molecule is Cc1cc(-c2cccc3[nH]ccc23)nc(N2CCOC[C@H]2C)c1C. The molecular formula is C20H23N3O. The molecule has 1 aliphatic rings. The zero-order valence-corrected chi connectivity index (χ0v) is 14.5. The van der Waals surface area contributed by atoms with E-state index in [1.807, 2.05) is 6.20 Å². The van der Waals surface area contributed by atoms with Gasteiger partial charge in [-0.2, -0.15) is 0 Å². The number of benzene rings is 1. The van der Waals surface area contributed by atoms with Crippen molar-refractivity contribution in [3.63, 3.8) is 0 Å². The van der Waals surface area contributed by atoms with E-state index in [1.165, 1.54) is 22.1 Å². The molecule has 24 heavy (non-hydrogen) atoms. The van der Waals surface area contributed by atoms with E-state index >= 15 is 0 Å². The molecule has 1 aliphatic heterocycles. The third kappa shape index (κ3) is 2.47. The van der Waals surface area contributed by atoms with Crippen molar-refractivity contribution in [1.82, 2.24) is 9.97 Å². The molecule has 3 heterocycles. The molecule has 0 amide bonds. The molecule has 0 aliphatic carbocycles. The quantitative estimate of drug-likeness (QED) is 0.773. The lowest BCUT2D eigenvalue weighted by atomic mass is 10.0. The molecule has 1 saturated heterocycles. The standard InChI is InChI=1S/C20H23N3O/c1-13-11-19(16-5-4-6-18-17(16)7-8-21-18)22-20(15(13)3)23-9-10-24-12-14(23)2/h4-8,11,14,21H,9-10,12H2,1-3H3/t14-/m1/s1. The van der Waals surface area contributed by atoms with Crippen LogP contribution in [0.1, 0.15) is 18.1 Å². The molecule has 3 aromatic rings. The fourth-order valence-corrected chi connectivity index (χ4v) is 3.49. The third-order valence-electron chi connectivity index (χ3n) is 5.02. The van der Waals surface area contributed by atoms with Gasteiger partial charge in [-0.15, -0.1) is 0 Å². The first kappa shape index (κ1) is 15.2. The van der Waals surface area contributed by atoms with Crippen LogP contribution >= 0.6 is 0 Å². The molecule has 124 valence electrons. The van der Waals surface area contributed by atoms with Gasteiger partial charge in [0.15, 0.2) is 0 Å². The van der Waals surface area contributed by atoms with Crippen LogP contribution in [-0.4, -0.2) is 35.8 Å². The van der Waals surface area contributed by atoms with E-state index in [9.17, 15) is 0 Å². The summed E-state index contributed by atoms with van der Waals surface area (Å²) in [5, 5.41) is 1.22. The van der Waals surface area contributed by atoms with Crippen molar-refractivity contribution < 1.29 is 4.74 Å². The van der Waals surface area contributed by atoms with Crippen LogP contribution < -0.4 is 4.90 Å². The average Bonchev–Trinajstić information content (AvgIpc) is 3.06. The molecule has 0 saturated carbocycles. The van der Waals surface area contributed by atoms with Gasteiger partial charge in [0.1, 0.15) is 5.82 Å². The maximum absolute atomic E-state index is 5.59. The molecule has 0 radical (unpaired) electrons. The van der Waals surface area contributed by atoms with Crippen LogP contribution in [0.4, 0.5) is 5.82 Å². The number of hydrogen-bond acceptors (Lipinski definition) is 3. The number of aromatic amines is 1. The molecule has 2 aromatic heterocycles. The van der Waals surface area contributed by atoms with Gasteiger partial charge in [-0.25, -0.2) is 4.98 Å². The summed E-state index contributed by atoms with van der Waals surface area (Å²) in [6.45, 7) is 8.97. The van der Waals surface area contributed by atoms with Crippen LogP contribution in [0.2, 0.25) is 0 Å². The highest BCUT2D eigenvalue weighted by molar-refractivity contribution is 5.94. The Morgan fingerprint density at radius 3 is 2.96 bits per heavy atom. The van der Waals surface area contributed by atoms with E-state index in [1.54, 1.807) is 0 Å². The van der Waals surface area contributed by atoms with Gasteiger partial charge < -0.3 is 14.6 Å². The van der Waals surface area contributed by atoms with Crippen molar-refractivity contribution in [3.05, 3.63) is 47.7 Å². The Morgan fingerprint density at radius 2 is 2.12 bits per heavy atom. The number of rotatable bonds is 2. The first-order valence-electron chi connectivity index (χ1n) is 8.54. The molecule has 0 spiro atoms. The fourth-order valence-electron chi connectivity index (χ4n) is 3.49. The molecule has 0 unspecified atom stereocenters. The Kier molecular flexibility index (Phi) is 3.77. The van der Waals surface area contributed by atoms with Gasteiger partial charge in [0.25, 0.3) is 0 Å². The maximum Gasteiger partial charge on any atom is 0.132 e. The first-order chi connectivity index (χ1) is 11.6. The number of nitrogens with zero attached hydrogens (tertiary/aromatic N) is 2. The number of pyridine rings is 1. The molecule has 4 nitrogen and oxygen atoms in total. The second-order valence-corrected chi connectivity index (χ2v) is 6.63. The molecule has 0 bridgehead atoms. The fraction of sp³-hybridized carbons (Fsp3) is 0.350. The van der Waals surface area contributed by atoms with Crippen molar-refractivity contribution in [1.29, 1.82) is 0 Å². The summed E-state index contributed by atoms with van der Waals surface area (Å²) in [5.74, 6) is 1.09. The van der Waals surface area contributed by atoms with E-state index in [0.29, 0.717) is 6.04 Å². The predicted octanol–water partition coefficient (Wildman–Crippen LogP) is 4.07. The minimum Gasteiger partial charge on any atom is -0.377 e. The molecule has 1 aromatic carbocycles.